The maximum Gasteiger partial charge on any atom is 0.159 e. The highest BCUT2D eigenvalue weighted by Crippen LogP contribution is 2.58. The van der Waals surface area contributed by atoms with Crippen LogP contribution in [0, 0.1) is 23.2 Å². The van der Waals surface area contributed by atoms with Gasteiger partial charge in [0.05, 0.1) is 0 Å². The number of rotatable bonds is 0. The fourth-order valence-electron chi connectivity index (χ4n) is 2.48. The molecule has 1 saturated carbocycles. The topological polar surface area (TPSA) is 34.1 Å². The molecule has 0 N–H and O–H groups in total. The predicted octanol–water partition coefficient (Wildman–Crippen LogP) is 1.60. The van der Waals surface area contributed by atoms with E-state index in [-0.39, 0.29) is 34.7 Å². The first-order valence-electron chi connectivity index (χ1n) is 4.68. The molecule has 3 atom stereocenters. The van der Waals surface area contributed by atoms with Crippen LogP contribution in [0.5, 0.6) is 0 Å². The SMILES string of the molecule is CC(C)(C)C1[C@H]2C(=O)C=CC(=O)[C@@H]12. The maximum absolute atomic E-state index is 11.4. The Labute approximate surface area is 78.0 Å². The van der Waals surface area contributed by atoms with Crippen molar-refractivity contribution in [2.75, 3.05) is 0 Å². The number of carbonyl (C=O) groups excluding carboxylic acids is 2. The summed E-state index contributed by atoms with van der Waals surface area (Å²) in [5.41, 5.74) is 0.0761. The minimum Gasteiger partial charge on any atom is -0.295 e. The zero-order valence-electron chi connectivity index (χ0n) is 8.20. The van der Waals surface area contributed by atoms with Crippen molar-refractivity contribution in [3.8, 4) is 0 Å². The van der Waals surface area contributed by atoms with Gasteiger partial charge in [0.25, 0.3) is 0 Å². The van der Waals surface area contributed by atoms with E-state index in [1.54, 1.807) is 0 Å². The van der Waals surface area contributed by atoms with Gasteiger partial charge in [-0.3, -0.25) is 9.59 Å². The van der Waals surface area contributed by atoms with Gasteiger partial charge in [-0.1, -0.05) is 20.8 Å². The smallest absolute Gasteiger partial charge is 0.159 e. The van der Waals surface area contributed by atoms with Crippen LogP contribution in [-0.2, 0) is 9.59 Å². The molecule has 0 spiro atoms. The lowest BCUT2D eigenvalue weighted by Crippen LogP contribution is -2.12. The first-order valence-corrected chi connectivity index (χ1v) is 4.68. The Kier molecular flexibility index (Phi) is 1.54. The van der Waals surface area contributed by atoms with Crippen LogP contribution in [-0.4, -0.2) is 11.6 Å². The van der Waals surface area contributed by atoms with Crippen molar-refractivity contribution in [2.45, 2.75) is 20.8 Å². The van der Waals surface area contributed by atoms with E-state index >= 15 is 0 Å². The van der Waals surface area contributed by atoms with E-state index < -0.39 is 0 Å². The first-order chi connectivity index (χ1) is 5.93. The highest BCUT2D eigenvalue weighted by molar-refractivity contribution is 6.11. The van der Waals surface area contributed by atoms with Gasteiger partial charge in [-0.15, -0.1) is 0 Å². The summed E-state index contributed by atoms with van der Waals surface area (Å²) in [4.78, 5) is 22.8. The monoisotopic (exact) mass is 178 g/mol. The van der Waals surface area contributed by atoms with E-state index in [1.165, 1.54) is 12.2 Å². The van der Waals surface area contributed by atoms with E-state index in [0.717, 1.165) is 0 Å². The molecule has 0 aliphatic heterocycles. The van der Waals surface area contributed by atoms with Crippen molar-refractivity contribution in [3.05, 3.63) is 12.2 Å². The number of carbonyl (C=O) groups is 2. The molecule has 0 bridgehead atoms. The van der Waals surface area contributed by atoms with Gasteiger partial charge in [0.15, 0.2) is 11.6 Å². The van der Waals surface area contributed by atoms with Crippen molar-refractivity contribution in [1.82, 2.24) is 0 Å². The molecule has 2 aliphatic rings. The van der Waals surface area contributed by atoms with Crippen molar-refractivity contribution < 1.29 is 9.59 Å². The van der Waals surface area contributed by atoms with E-state index in [0.29, 0.717) is 0 Å². The van der Waals surface area contributed by atoms with Crippen molar-refractivity contribution in [3.63, 3.8) is 0 Å². The largest absolute Gasteiger partial charge is 0.295 e. The van der Waals surface area contributed by atoms with Crippen LogP contribution in [0.2, 0.25) is 0 Å². The summed E-state index contributed by atoms with van der Waals surface area (Å²) < 4.78 is 0. The second-order valence-electron chi connectivity index (χ2n) is 5.08. The van der Waals surface area contributed by atoms with Crippen LogP contribution < -0.4 is 0 Å². The van der Waals surface area contributed by atoms with Gasteiger partial charge in [-0.2, -0.15) is 0 Å². The minimum absolute atomic E-state index is 0.00231. The molecule has 0 heterocycles. The highest BCUT2D eigenvalue weighted by Gasteiger charge is 2.62. The second kappa shape index (κ2) is 2.31. The van der Waals surface area contributed by atoms with Crippen LogP contribution in [0.4, 0.5) is 0 Å². The van der Waals surface area contributed by atoms with Gasteiger partial charge in [0, 0.05) is 11.8 Å². The summed E-state index contributed by atoms with van der Waals surface area (Å²) in [6.07, 6.45) is 2.88. The maximum atomic E-state index is 11.4. The zero-order chi connectivity index (χ0) is 9.80. The fourth-order valence-corrected chi connectivity index (χ4v) is 2.48. The van der Waals surface area contributed by atoms with Crippen molar-refractivity contribution in [2.24, 2.45) is 23.2 Å². The lowest BCUT2D eigenvalue weighted by Gasteiger charge is -2.17. The van der Waals surface area contributed by atoms with Crippen molar-refractivity contribution >= 4 is 11.6 Å². The molecule has 1 fully saturated rings. The summed E-state index contributed by atoms with van der Waals surface area (Å²) in [6.45, 7) is 6.28. The Morgan fingerprint density at radius 1 is 1.00 bits per heavy atom. The fraction of sp³-hybridized carbons (Fsp3) is 0.636. The van der Waals surface area contributed by atoms with E-state index in [4.69, 9.17) is 0 Å². The summed E-state index contributed by atoms with van der Waals surface area (Å²) in [5.74, 6) is 0.548. The number of hydrogen-bond acceptors (Lipinski definition) is 2. The Morgan fingerprint density at radius 3 is 1.69 bits per heavy atom. The number of hydrogen-bond donors (Lipinski definition) is 0. The van der Waals surface area contributed by atoms with Crippen LogP contribution in [0.25, 0.3) is 0 Å². The number of fused-ring (bicyclic) bond motifs is 1. The number of ketones is 2. The molecular weight excluding hydrogens is 164 g/mol. The Hall–Kier alpha value is -0.920. The zero-order valence-corrected chi connectivity index (χ0v) is 8.20. The Morgan fingerprint density at radius 2 is 1.38 bits per heavy atom. The average molecular weight is 178 g/mol. The molecule has 2 nitrogen and oxygen atoms in total. The highest BCUT2D eigenvalue weighted by atomic mass is 16.1. The lowest BCUT2D eigenvalue weighted by atomic mass is 9.87. The quantitative estimate of drug-likeness (QED) is 0.564. The molecule has 0 amide bonds. The molecule has 0 aromatic rings. The van der Waals surface area contributed by atoms with Gasteiger partial charge in [-0.25, -0.2) is 0 Å². The molecule has 0 aromatic heterocycles. The van der Waals surface area contributed by atoms with E-state index in [9.17, 15) is 9.59 Å². The van der Waals surface area contributed by atoms with Gasteiger partial charge in [0.2, 0.25) is 0 Å². The van der Waals surface area contributed by atoms with E-state index in [2.05, 4.69) is 20.8 Å². The Balaban J connectivity index is 2.26. The third-order valence-corrected chi connectivity index (χ3v) is 3.09. The van der Waals surface area contributed by atoms with Gasteiger partial charge in [-0.05, 0) is 23.5 Å². The lowest BCUT2D eigenvalue weighted by molar-refractivity contribution is -0.121. The molecule has 2 heteroatoms. The molecule has 1 unspecified atom stereocenters. The number of allylic oxidation sites excluding steroid dienone is 2. The van der Waals surface area contributed by atoms with Crippen LogP contribution in [0.3, 0.4) is 0 Å². The summed E-state index contributed by atoms with van der Waals surface area (Å²) >= 11 is 0. The predicted molar refractivity (Wildman–Crippen MR) is 49.1 cm³/mol. The molecular formula is C11H14O2. The van der Waals surface area contributed by atoms with Crippen LogP contribution in [0.1, 0.15) is 20.8 Å². The first kappa shape index (κ1) is 8.67. The third kappa shape index (κ3) is 1.16. The van der Waals surface area contributed by atoms with Gasteiger partial charge >= 0.3 is 0 Å². The van der Waals surface area contributed by atoms with Crippen molar-refractivity contribution in [1.29, 1.82) is 0 Å². The summed E-state index contributed by atoms with van der Waals surface area (Å²) in [6, 6.07) is 0. The molecule has 2 rings (SSSR count). The molecule has 70 valence electrons. The standard InChI is InChI=1S/C11H14O2/c1-11(2,3)10-8-6(12)4-5-7(13)9(8)10/h4-5,8-10H,1-3H3/t8-,9+,10?. The second-order valence-corrected chi connectivity index (χ2v) is 5.08. The molecule has 0 radical (unpaired) electrons. The minimum atomic E-state index is -0.00231. The average Bonchev–Trinajstić information content (AvgIpc) is 2.70. The summed E-state index contributed by atoms with van der Waals surface area (Å²) in [5, 5.41) is 0. The molecule has 13 heavy (non-hydrogen) atoms. The molecule has 0 aromatic carbocycles. The Bertz CT molecular complexity index is 283. The molecule has 2 aliphatic carbocycles. The van der Waals surface area contributed by atoms with Crippen LogP contribution in [0.15, 0.2) is 12.2 Å². The third-order valence-electron chi connectivity index (χ3n) is 3.09. The van der Waals surface area contributed by atoms with E-state index in [1.807, 2.05) is 0 Å². The molecule has 0 saturated heterocycles. The van der Waals surface area contributed by atoms with Gasteiger partial charge in [0.1, 0.15) is 0 Å². The van der Waals surface area contributed by atoms with Crippen LogP contribution >= 0.6 is 0 Å². The summed E-state index contributed by atoms with van der Waals surface area (Å²) in [7, 11) is 0. The normalized spacial score (nSPS) is 37.6. The van der Waals surface area contributed by atoms with Gasteiger partial charge < -0.3 is 0 Å².